The highest BCUT2D eigenvalue weighted by molar-refractivity contribution is 5.95. The van der Waals surface area contributed by atoms with Crippen LogP contribution in [0.4, 0.5) is 17.6 Å². The second-order valence-electron chi connectivity index (χ2n) is 9.17. The van der Waals surface area contributed by atoms with Crippen LogP contribution in [0.25, 0.3) is 0 Å². The lowest BCUT2D eigenvalue weighted by molar-refractivity contribution is -0.274. The van der Waals surface area contributed by atoms with E-state index in [-0.39, 0.29) is 11.3 Å². The van der Waals surface area contributed by atoms with Crippen LogP contribution in [0.3, 0.4) is 0 Å². The van der Waals surface area contributed by atoms with Gasteiger partial charge in [-0.1, -0.05) is 19.1 Å². The van der Waals surface area contributed by atoms with Crippen LogP contribution in [0.15, 0.2) is 59.7 Å². The lowest BCUT2D eigenvalue weighted by atomic mass is 10.1. The van der Waals surface area contributed by atoms with Crippen molar-refractivity contribution >= 4 is 12.1 Å². The fourth-order valence-electron chi connectivity index (χ4n) is 4.08. The molecule has 2 N–H and O–H groups in total. The van der Waals surface area contributed by atoms with E-state index in [4.69, 9.17) is 4.74 Å². The molecule has 0 saturated heterocycles. The molecule has 0 atom stereocenters. The number of hydrogen-bond donors (Lipinski definition) is 2. The topological polar surface area (TPSA) is 83.4 Å². The van der Waals surface area contributed by atoms with Crippen LogP contribution in [0, 0.1) is 19.7 Å². The number of amides is 1. The van der Waals surface area contributed by atoms with Crippen molar-refractivity contribution in [2.24, 2.45) is 5.10 Å². The van der Waals surface area contributed by atoms with Crippen LogP contribution in [-0.4, -0.2) is 48.2 Å². The summed E-state index contributed by atoms with van der Waals surface area (Å²) in [4.78, 5) is 14.3. The maximum atomic E-state index is 13.5. The summed E-state index contributed by atoms with van der Waals surface area (Å²) >= 11 is 0. The SMILES string of the molecule is CCCN(CCOc1c(C)cc(/C=N\NC(=O)c2ccc(O)c(F)c2)cc1C)Cc1ccc(OC(F)(F)F)cc1. The fraction of sp³-hybridized carbons (Fsp3) is 0.310. The first-order valence-corrected chi connectivity index (χ1v) is 12.6. The number of carbonyl (C=O) groups excluding carboxylic acids is 1. The van der Waals surface area contributed by atoms with Gasteiger partial charge in [-0.25, -0.2) is 9.82 Å². The molecule has 0 aliphatic heterocycles. The average Bonchev–Trinajstić information content (AvgIpc) is 2.87. The number of rotatable bonds is 12. The highest BCUT2D eigenvalue weighted by atomic mass is 19.4. The van der Waals surface area contributed by atoms with Crippen LogP contribution >= 0.6 is 0 Å². The highest BCUT2D eigenvalue weighted by Gasteiger charge is 2.31. The summed E-state index contributed by atoms with van der Waals surface area (Å²) in [5.74, 6) is -1.59. The van der Waals surface area contributed by atoms with Crippen LogP contribution in [0.1, 0.15) is 46.0 Å². The van der Waals surface area contributed by atoms with Crippen LogP contribution in [0.2, 0.25) is 0 Å². The predicted molar refractivity (Wildman–Crippen MR) is 143 cm³/mol. The molecule has 214 valence electrons. The fourth-order valence-corrected chi connectivity index (χ4v) is 4.08. The zero-order chi connectivity index (χ0) is 29.3. The third kappa shape index (κ3) is 9.26. The number of phenolic OH excluding ortho intramolecular Hbond substituents is 1. The molecule has 0 fully saturated rings. The third-order valence-electron chi connectivity index (χ3n) is 5.83. The molecule has 0 heterocycles. The smallest absolute Gasteiger partial charge is 0.505 e. The number of nitrogens with one attached hydrogen (secondary N) is 1. The van der Waals surface area contributed by atoms with Crippen LogP contribution in [-0.2, 0) is 6.54 Å². The van der Waals surface area contributed by atoms with E-state index < -0.39 is 23.8 Å². The second kappa shape index (κ2) is 13.8. The standard InChI is InChI=1S/C29H31F4N3O4/c1-4-11-36(18-21-5-8-24(9-6-21)40-29(31,32)33)12-13-39-27-19(2)14-22(15-20(27)3)17-34-35-28(38)23-7-10-26(37)25(30)16-23/h5-10,14-17,37H,4,11-13,18H2,1-3H3,(H,35,38)/b34-17-. The Labute approximate surface area is 230 Å². The molecule has 7 nitrogen and oxygen atoms in total. The number of aryl methyl sites for hydroxylation is 2. The molecule has 40 heavy (non-hydrogen) atoms. The Balaban J connectivity index is 1.55. The lowest BCUT2D eigenvalue weighted by Crippen LogP contribution is -2.29. The summed E-state index contributed by atoms with van der Waals surface area (Å²) in [5, 5.41) is 13.2. The van der Waals surface area contributed by atoms with Crippen molar-refractivity contribution in [1.29, 1.82) is 0 Å². The van der Waals surface area contributed by atoms with E-state index in [1.165, 1.54) is 24.4 Å². The molecular formula is C29H31F4N3O4. The third-order valence-corrected chi connectivity index (χ3v) is 5.83. The first-order chi connectivity index (χ1) is 18.9. The molecule has 3 rings (SSSR count). The van der Waals surface area contributed by atoms with E-state index in [9.17, 15) is 27.5 Å². The molecule has 0 spiro atoms. The molecule has 0 aliphatic carbocycles. The molecule has 11 heteroatoms. The molecule has 0 bridgehead atoms. The summed E-state index contributed by atoms with van der Waals surface area (Å²) in [7, 11) is 0. The number of alkyl halides is 3. The van der Waals surface area contributed by atoms with Gasteiger partial charge in [-0.3, -0.25) is 9.69 Å². The minimum absolute atomic E-state index is 0.0214. The molecule has 0 unspecified atom stereocenters. The first kappa shape index (κ1) is 30.4. The van der Waals surface area contributed by atoms with E-state index in [0.29, 0.717) is 19.7 Å². The van der Waals surface area contributed by atoms with Gasteiger partial charge in [0.25, 0.3) is 5.91 Å². The molecule has 3 aromatic rings. The minimum Gasteiger partial charge on any atom is -0.505 e. The zero-order valence-electron chi connectivity index (χ0n) is 22.4. The highest BCUT2D eigenvalue weighted by Crippen LogP contribution is 2.25. The Hall–Kier alpha value is -4.12. The van der Waals surface area contributed by atoms with Crippen molar-refractivity contribution in [2.75, 3.05) is 19.7 Å². The van der Waals surface area contributed by atoms with Crippen molar-refractivity contribution in [3.8, 4) is 17.2 Å². The quantitative estimate of drug-likeness (QED) is 0.159. The van der Waals surface area contributed by atoms with Crippen molar-refractivity contribution in [2.45, 2.75) is 40.1 Å². The van der Waals surface area contributed by atoms with Gasteiger partial charge < -0.3 is 14.6 Å². The average molecular weight is 562 g/mol. The van der Waals surface area contributed by atoms with Crippen molar-refractivity contribution in [3.63, 3.8) is 0 Å². The number of carbonyl (C=O) groups is 1. The maximum absolute atomic E-state index is 13.5. The van der Waals surface area contributed by atoms with E-state index in [0.717, 1.165) is 53.1 Å². The molecule has 1 amide bonds. The van der Waals surface area contributed by atoms with Gasteiger partial charge in [0.15, 0.2) is 11.6 Å². The summed E-state index contributed by atoms with van der Waals surface area (Å²) < 4.78 is 60.6. The maximum Gasteiger partial charge on any atom is 0.573 e. The minimum atomic E-state index is -4.72. The Bertz CT molecular complexity index is 1300. The number of halogens is 4. The summed E-state index contributed by atoms with van der Waals surface area (Å²) in [6.07, 6.45) is -2.35. The number of nitrogens with zero attached hydrogens (tertiary/aromatic N) is 2. The number of phenols is 1. The number of hydrogen-bond acceptors (Lipinski definition) is 6. The summed E-state index contributed by atoms with van der Waals surface area (Å²) in [5.41, 5.74) is 5.68. The van der Waals surface area contributed by atoms with E-state index in [1.807, 2.05) is 32.9 Å². The number of aromatic hydroxyl groups is 1. The van der Waals surface area contributed by atoms with Gasteiger partial charge in [-0.15, -0.1) is 13.2 Å². The van der Waals surface area contributed by atoms with E-state index >= 15 is 0 Å². The van der Waals surface area contributed by atoms with E-state index in [2.05, 4.69) is 20.2 Å². The van der Waals surface area contributed by atoms with Gasteiger partial charge >= 0.3 is 6.36 Å². The molecular weight excluding hydrogens is 530 g/mol. The second-order valence-corrected chi connectivity index (χ2v) is 9.17. The van der Waals surface area contributed by atoms with Crippen molar-refractivity contribution < 1.29 is 36.9 Å². The normalized spacial score (nSPS) is 11.7. The number of hydrazone groups is 1. The summed E-state index contributed by atoms with van der Waals surface area (Å²) in [6, 6.07) is 12.9. The van der Waals surface area contributed by atoms with Crippen LogP contribution in [0.5, 0.6) is 17.2 Å². The molecule has 3 aromatic carbocycles. The monoisotopic (exact) mass is 561 g/mol. The number of ether oxygens (including phenoxy) is 2. The van der Waals surface area contributed by atoms with E-state index in [1.54, 1.807) is 12.1 Å². The molecule has 0 aliphatic rings. The van der Waals surface area contributed by atoms with Gasteiger partial charge in [0.1, 0.15) is 18.1 Å². The van der Waals surface area contributed by atoms with Crippen molar-refractivity contribution in [3.05, 3.63) is 88.2 Å². The molecule has 0 saturated carbocycles. The largest absolute Gasteiger partial charge is 0.573 e. The molecule has 0 radical (unpaired) electrons. The Kier molecular flexibility index (Phi) is 10.5. The lowest BCUT2D eigenvalue weighted by Gasteiger charge is -2.23. The number of benzene rings is 3. The van der Waals surface area contributed by atoms with Gasteiger partial charge in [0.05, 0.1) is 6.21 Å². The Morgan fingerprint density at radius 1 is 1.05 bits per heavy atom. The zero-order valence-corrected chi connectivity index (χ0v) is 22.4. The Morgan fingerprint density at radius 3 is 2.33 bits per heavy atom. The van der Waals surface area contributed by atoms with Gasteiger partial charge in [-0.05, 0) is 91.5 Å². The van der Waals surface area contributed by atoms with Crippen molar-refractivity contribution in [1.82, 2.24) is 10.3 Å². The molecule has 0 aromatic heterocycles. The Morgan fingerprint density at radius 2 is 1.73 bits per heavy atom. The van der Waals surface area contributed by atoms with Gasteiger partial charge in [0, 0.05) is 18.7 Å². The van der Waals surface area contributed by atoms with Gasteiger partial charge in [-0.2, -0.15) is 5.10 Å². The summed E-state index contributed by atoms with van der Waals surface area (Å²) in [6.45, 7) is 8.20. The first-order valence-electron chi connectivity index (χ1n) is 12.6. The van der Waals surface area contributed by atoms with Crippen LogP contribution < -0.4 is 14.9 Å². The predicted octanol–water partition coefficient (Wildman–Crippen LogP) is 6.10. The van der Waals surface area contributed by atoms with Gasteiger partial charge in [0.2, 0.25) is 0 Å².